The predicted molar refractivity (Wildman–Crippen MR) is 80.5 cm³/mol. The summed E-state index contributed by atoms with van der Waals surface area (Å²) < 4.78 is 11.3. The number of hydrogen-bond acceptors (Lipinski definition) is 3. The van der Waals surface area contributed by atoms with Gasteiger partial charge < -0.3 is 15.2 Å². The van der Waals surface area contributed by atoms with Gasteiger partial charge in [0.15, 0.2) is 0 Å². The van der Waals surface area contributed by atoms with E-state index in [2.05, 4.69) is 0 Å². The molecule has 1 aromatic carbocycles. The molecule has 2 rings (SSSR count). The van der Waals surface area contributed by atoms with E-state index in [1.807, 2.05) is 18.2 Å². The van der Waals surface area contributed by atoms with Gasteiger partial charge in [-0.2, -0.15) is 0 Å². The number of rotatable bonds is 5. The lowest BCUT2D eigenvalue weighted by Gasteiger charge is -2.22. The normalized spacial score (nSPS) is 16.3. The number of benzene rings is 1. The van der Waals surface area contributed by atoms with E-state index in [0.717, 1.165) is 29.7 Å². The van der Waals surface area contributed by atoms with E-state index in [0.29, 0.717) is 17.7 Å². The summed E-state index contributed by atoms with van der Waals surface area (Å²) in [6.07, 6.45) is 6.59. The van der Waals surface area contributed by atoms with Crippen molar-refractivity contribution in [2.45, 2.75) is 44.8 Å². The third-order valence-corrected chi connectivity index (χ3v) is 3.83. The highest BCUT2D eigenvalue weighted by Gasteiger charge is 2.15. The Morgan fingerprint density at radius 1 is 1.32 bits per heavy atom. The van der Waals surface area contributed by atoms with Gasteiger partial charge in [0, 0.05) is 11.1 Å². The highest BCUT2D eigenvalue weighted by molar-refractivity contribution is 7.80. The average Bonchev–Trinajstić information content (AvgIpc) is 2.45. The monoisotopic (exact) mass is 279 g/mol. The van der Waals surface area contributed by atoms with Crippen LogP contribution in [0.25, 0.3) is 0 Å². The molecule has 0 heterocycles. The molecule has 104 valence electrons. The number of ether oxygens (including phenoxy) is 2. The van der Waals surface area contributed by atoms with Crippen LogP contribution in [0.3, 0.4) is 0 Å². The summed E-state index contributed by atoms with van der Waals surface area (Å²) >= 11 is 5.01. The zero-order valence-electron chi connectivity index (χ0n) is 11.4. The fourth-order valence-corrected chi connectivity index (χ4v) is 2.61. The van der Waals surface area contributed by atoms with E-state index < -0.39 is 0 Å². The van der Waals surface area contributed by atoms with Crippen LogP contribution in [0.15, 0.2) is 18.2 Å². The molecule has 1 aliphatic rings. The van der Waals surface area contributed by atoms with Crippen molar-refractivity contribution < 1.29 is 9.47 Å². The van der Waals surface area contributed by atoms with Crippen molar-refractivity contribution in [3.8, 4) is 5.75 Å². The fourth-order valence-electron chi connectivity index (χ4n) is 2.48. The van der Waals surface area contributed by atoms with Gasteiger partial charge in [0.25, 0.3) is 0 Å². The molecule has 0 amide bonds. The first kappa shape index (κ1) is 14.3. The second-order valence-corrected chi connectivity index (χ2v) is 5.40. The summed E-state index contributed by atoms with van der Waals surface area (Å²) in [6, 6.07) is 5.74. The smallest absolute Gasteiger partial charge is 0.124 e. The number of thiocarbonyl (C=S) groups is 1. The van der Waals surface area contributed by atoms with Crippen LogP contribution in [0, 0.1) is 0 Å². The van der Waals surface area contributed by atoms with Crippen LogP contribution >= 0.6 is 12.2 Å². The largest absolute Gasteiger partial charge is 0.496 e. The summed E-state index contributed by atoms with van der Waals surface area (Å²) in [5.74, 6) is 0.829. The molecule has 1 fully saturated rings. The molecule has 3 nitrogen and oxygen atoms in total. The highest BCUT2D eigenvalue weighted by atomic mass is 32.1. The first-order valence-corrected chi connectivity index (χ1v) is 7.20. The van der Waals surface area contributed by atoms with Gasteiger partial charge in [-0.25, -0.2) is 0 Å². The Balaban J connectivity index is 2.04. The van der Waals surface area contributed by atoms with Crippen molar-refractivity contribution in [2.24, 2.45) is 5.73 Å². The molecule has 4 heteroatoms. The van der Waals surface area contributed by atoms with Crippen LogP contribution in [-0.2, 0) is 11.3 Å². The van der Waals surface area contributed by atoms with E-state index in [1.165, 1.54) is 19.3 Å². The molecule has 1 aliphatic carbocycles. The van der Waals surface area contributed by atoms with Crippen molar-refractivity contribution in [3.63, 3.8) is 0 Å². The number of methoxy groups -OCH3 is 1. The molecular formula is C15H21NO2S. The maximum absolute atomic E-state index is 5.98. The van der Waals surface area contributed by atoms with Crippen LogP contribution in [0.1, 0.15) is 43.2 Å². The van der Waals surface area contributed by atoms with Gasteiger partial charge >= 0.3 is 0 Å². The maximum atomic E-state index is 5.98. The molecule has 0 bridgehead atoms. The zero-order valence-corrected chi connectivity index (χ0v) is 12.2. The highest BCUT2D eigenvalue weighted by Crippen LogP contribution is 2.25. The average molecular weight is 279 g/mol. The van der Waals surface area contributed by atoms with Crippen molar-refractivity contribution >= 4 is 17.2 Å². The van der Waals surface area contributed by atoms with Gasteiger partial charge in [0.1, 0.15) is 10.7 Å². The molecule has 1 saturated carbocycles. The van der Waals surface area contributed by atoms with Crippen LogP contribution in [0.4, 0.5) is 0 Å². The fraction of sp³-hybridized carbons (Fsp3) is 0.533. The molecule has 1 aromatic rings. The van der Waals surface area contributed by atoms with E-state index in [9.17, 15) is 0 Å². The van der Waals surface area contributed by atoms with Crippen LogP contribution in [0.5, 0.6) is 5.75 Å². The molecule has 0 aliphatic heterocycles. The van der Waals surface area contributed by atoms with Gasteiger partial charge in [-0.3, -0.25) is 0 Å². The van der Waals surface area contributed by atoms with Crippen molar-refractivity contribution in [2.75, 3.05) is 7.11 Å². The summed E-state index contributed by atoms with van der Waals surface area (Å²) in [5.41, 5.74) is 7.53. The third kappa shape index (κ3) is 3.91. The number of hydrogen-bond donors (Lipinski definition) is 1. The first-order chi connectivity index (χ1) is 9.20. The number of nitrogens with two attached hydrogens (primary N) is 1. The second-order valence-electron chi connectivity index (χ2n) is 4.96. The van der Waals surface area contributed by atoms with E-state index in [1.54, 1.807) is 7.11 Å². The van der Waals surface area contributed by atoms with Gasteiger partial charge in [-0.1, -0.05) is 31.5 Å². The zero-order chi connectivity index (χ0) is 13.7. The van der Waals surface area contributed by atoms with E-state index in [4.69, 9.17) is 27.4 Å². The molecule has 0 spiro atoms. The molecule has 0 saturated heterocycles. The summed E-state index contributed by atoms with van der Waals surface area (Å²) in [6.45, 7) is 0.560. The second kappa shape index (κ2) is 6.87. The summed E-state index contributed by atoms with van der Waals surface area (Å²) in [5, 5.41) is 0. The lowest BCUT2D eigenvalue weighted by molar-refractivity contribution is 0.0160. The molecule has 0 atom stereocenters. The molecule has 0 aromatic heterocycles. The maximum Gasteiger partial charge on any atom is 0.124 e. The van der Waals surface area contributed by atoms with Crippen LogP contribution in [0.2, 0.25) is 0 Å². The summed E-state index contributed by atoms with van der Waals surface area (Å²) in [7, 11) is 1.67. The molecule has 2 N–H and O–H groups in total. The van der Waals surface area contributed by atoms with Crippen LogP contribution < -0.4 is 10.5 Å². The Morgan fingerprint density at radius 2 is 2.05 bits per heavy atom. The van der Waals surface area contributed by atoms with E-state index in [-0.39, 0.29) is 0 Å². The first-order valence-electron chi connectivity index (χ1n) is 6.79. The van der Waals surface area contributed by atoms with Gasteiger partial charge in [0.05, 0.1) is 19.8 Å². The van der Waals surface area contributed by atoms with E-state index >= 15 is 0 Å². The molecular weight excluding hydrogens is 258 g/mol. The summed E-state index contributed by atoms with van der Waals surface area (Å²) in [4.78, 5) is 0.404. The molecule has 0 unspecified atom stereocenters. The van der Waals surface area contributed by atoms with Gasteiger partial charge in [-0.05, 0) is 31.0 Å². The molecule has 0 radical (unpaired) electrons. The lowest BCUT2D eigenvalue weighted by Crippen LogP contribution is -2.17. The quantitative estimate of drug-likeness (QED) is 0.841. The Hall–Kier alpha value is -1.13. The Kier molecular flexibility index (Phi) is 5.16. The standard InChI is InChI=1S/C15H21NO2S/c1-17-14-8-7-11(15(16)19)9-12(14)10-18-13-5-3-2-4-6-13/h7-9,13H,2-6,10H2,1H3,(H2,16,19). The predicted octanol–water partition coefficient (Wildman–Crippen LogP) is 3.18. The topological polar surface area (TPSA) is 44.5 Å². The minimum absolute atomic E-state index is 0.381. The molecule has 19 heavy (non-hydrogen) atoms. The van der Waals surface area contributed by atoms with Crippen molar-refractivity contribution in [1.29, 1.82) is 0 Å². The van der Waals surface area contributed by atoms with Crippen molar-refractivity contribution in [1.82, 2.24) is 0 Å². The van der Waals surface area contributed by atoms with Gasteiger partial charge in [0.2, 0.25) is 0 Å². The third-order valence-electron chi connectivity index (χ3n) is 3.59. The Labute approximate surface area is 120 Å². The SMILES string of the molecule is COc1ccc(C(N)=S)cc1COC1CCCCC1. The minimum atomic E-state index is 0.381. The van der Waals surface area contributed by atoms with Gasteiger partial charge in [-0.15, -0.1) is 0 Å². The lowest BCUT2D eigenvalue weighted by atomic mass is 9.98. The minimum Gasteiger partial charge on any atom is -0.496 e. The Bertz CT molecular complexity index is 442. The van der Waals surface area contributed by atoms with Crippen molar-refractivity contribution in [3.05, 3.63) is 29.3 Å². The van der Waals surface area contributed by atoms with Crippen LogP contribution in [-0.4, -0.2) is 18.2 Å². The Morgan fingerprint density at radius 3 is 2.68 bits per heavy atom.